The number of nitrogens with zero attached hydrogens (tertiary/aromatic N) is 1. The van der Waals surface area contributed by atoms with Crippen LogP contribution in [0, 0.1) is 0 Å². The molecule has 1 aliphatic carbocycles. The van der Waals surface area contributed by atoms with Gasteiger partial charge in [-0.3, -0.25) is 24.6 Å². The van der Waals surface area contributed by atoms with Crippen LogP contribution in [-0.4, -0.2) is 48.4 Å². The molecular weight excluding hydrogens is 276 g/mol. The molecule has 7 nitrogen and oxygen atoms in total. The van der Waals surface area contributed by atoms with E-state index in [1.165, 1.54) is 12.3 Å². The van der Waals surface area contributed by atoms with Crippen molar-refractivity contribution in [3.63, 3.8) is 0 Å². The highest BCUT2D eigenvalue weighted by Crippen LogP contribution is 2.26. The van der Waals surface area contributed by atoms with E-state index in [4.69, 9.17) is 9.15 Å². The van der Waals surface area contributed by atoms with Crippen molar-refractivity contribution in [1.29, 1.82) is 0 Å². The molecule has 1 N–H and O–H groups in total. The molecule has 1 heterocycles. The smallest absolute Gasteiger partial charge is 0.320 e. The summed E-state index contributed by atoms with van der Waals surface area (Å²) < 4.78 is 9.78. The van der Waals surface area contributed by atoms with Crippen LogP contribution in [-0.2, 0) is 14.3 Å². The summed E-state index contributed by atoms with van der Waals surface area (Å²) in [6.45, 7) is 2.07. The maximum absolute atomic E-state index is 11.9. The van der Waals surface area contributed by atoms with E-state index in [-0.39, 0.29) is 30.9 Å². The number of amides is 2. The number of hydrogen-bond donors (Lipinski definition) is 1. The Morgan fingerprint density at radius 1 is 1.38 bits per heavy atom. The van der Waals surface area contributed by atoms with Gasteiger partial charge in [-0.2, -0.15) is 0 Å². The first-order chi connectivity index (χ1) is 10.1. The Kier molecular flexibility index (Phi) is 5.10. The van der Waals surface area contributed by atoms with Crippen LogP contribution in [0.25, 0.3) is 0 Å². The molecule has 0 aromatic carbocycles. The summed E-state index contributed by atoms with van der Waals surface area (Å²) >= 11 is 0. The van der Waals surface area contributed by atoms with Gasteiger partial charge >= 0.3 is 5.97 Å². The largest absolute Gasteiger partial charge is 0.465 e. The van der Waals surface area contributed by atoms with Crippen LogP contribution < -0.4 is 5.32 Å². The maximum atomic E-state index is 11.9. The molecule has 0 unspecified atom stereocenters. The minimum absolute atomic E-state index is 0.0179. The van der Waals surface area contributed by atoms with Gasteiger partial charge in [0.2, 0.25) is 5.91 Å². The molecule has 1 saturated carbocycles. The van der Waals surface area contributed by atoms with Crippen LogP contribution in [0.4, 0.5) is 0 Å². The Balaban J connectivity index is 1.83. The number of nitrogens with one attached hydrogen (secondary N) is 1. The molecule has 1 aliphatic rings. The number of rotatable bonds is 7. The minimum Gasteiger partial charge on any atom is -0.465 e. The van der Waals surface area contributed by atoms with E-state index in [0.717, 1.165) is 12.8 Å². The van der Waals surface area contributed by atoms with E-state index in [1.807, 2.05) is 0 Å². The first-order valence-electron chi connectivity index (χ1n) is 6.87. The zero-order chi connectivity index (χ0) is 15.2. The average molecular weight is 294 g/mol. The summed E-state index contributed by atoms with van der Waals surface area (Å²) in [5, 5.41) is 2.24. The number of imide groups is 1. The third-order valence-corrected chi connectivity index (χ3v) is 3.05. The van der Waals surface area contributed by atoms with Crippen molar-refractivity contribution in [2.24, 2.45) is 0 Å². The second kappa shape index (κ2) is 7.03. The van der Waals surface area contributed by atoms with Crippen LogP contribution in [0.2, 0.25) is 0 Å². The second-order valence-corrected chi connectivity index (χ2v) is 4.80. The van der Waals surface area contributed by atoms with E-state index >= 15 is 0 Å². The van der Waals surface area contributed by atoms with Gasteiger partial charge in [0.05, 0.1) is 26.0 Å². The lowest BCUT2D eigenvalue weighted by atomic mass is 10.4. The molecule has 2 amide bonds. The molecule has 1 aromatic rings. The standard InChI is InChI=1S/C14H18N2O5/c1-2-20-13(18)9-16(10-5-6-10)8-12(17)15-14(19)11-4-3-7-21-11/h3-4,7,10H,2,5-6,8-9H2,1H3,(H,15,17,19). The maximum Gasteiger partial charge on any atom is 0.320 e. The summed E-state index contributed by atoms with van der Waals surface area (Å²) in [5.41, 5.74) is 0. The van der Waals surface area contributed by atoms with E-state index in [9.17, 15) is 14.4 Å². The average Bonchev–Trinajstić information content (AvgIpc) is 3.12. The van der Waals surface area contributed by atoms with Gasteiger partial charge in [0, 0.05) is 6.04 Å². The highest BCUT2D eigenvalue weighted by Gasteiger charge is 2.32. The third-order valence-electron chi connectivity index (χ3n) is 3.05. The highest BCUT2D eigenvalue weighted by atomic mass is 16.5. The van der Waals surface area contributed by atoms with E-state index in [0.29, 0.717) is 6.61 Å². The van der Waals surface area contributed by atoms with E-state index < -0.39 is 11.8 Å². The SMILES string of the molecule is CCOC(=O)CN(CC(=O)NC(=O)c1ccco1)C1CC1. The summed E-state index contributed by atoms with van der Waals surface area (Å²) in [4.78, 5) is 36.8. The summed E-state index contributed by atoms with van der Waals surface area (Å²) in [5.74, 6) is -1.34. The Morgan fingerprint density at radius 3 is 2.71 bits per heavy atom. The van der Waals surface area contributed by atoms with Crippen LogP contribution in [0.15, 0.2) is 22.8 Å². The zero-order valence-corrected chi connectivity index (χ0v) is 11.8. The van der Waals surface area contributed by atoms with E-state index in [2.05, 4.69) is 5.32 Å². The second-order valence-electron chi connectivity index (χ2n) is 4.80. The third kappa shape index (κ3) is 4.71. The Morgan fingerprint density at radius 2 is 2.14 bits per heavy atom. The van der Waals surface area contributed by atoms with Crippen LogP contribution in [0.5, 0.6) is 0 Å². The molecule has 0 atom stereocenters. The predicted molar refractivity (Wildman–Crippen MR) is 72.4 cm³/mol. The Labute approximate surface area is 122 Å². The van der Waals surface area contributed by atoms with Gasteiger partial charge in [0.15, 0.2) is 5.76 Å². The molecule has 0 spiro atoms. The fourth-order valence-electron chi connectivity index (χ4n) is 1.95. The molecular formula is C14H18N2O5. The molecule has 0 saturated heterocycles. The lowest BCUT2D eigenvalue weighted by Gasteiger charge is -2.19. The van der Waals surface area contributed by atoms with Crippen molar-refractivity contribution in [1.82, 2.24) is 10.2 Å². The number of esters is 1. The molecule has 2 rings (SSSR count). The van der Waals surface area contributed by atoms with Gasteiger partial charge in [0.1, 0.15) is 0 Å². The lowest BCUT2D eigenvalue weighted by molar-refractivity contribution is -0.144. The van der Waals surface area contributed by atoms with Gasteiger partial charge in [-0.1, -0.05) is 0 Å². The summed E-state index contributed by atoms with van der Waals surface area (Å²) in [7, 11) is 0. The van der Waals surface area contributed by atoms with Crippen LogP contribution in [0.1, 0.15) is 30.3 Å². The quantitative estimate of drug-likeness (QED) is 0.739. The number of carbonyl (C=O) groups is 3. The number of furan rings is 1. The predicted octanol–water partition coefficient (Wildman–Crippen LogP) is 0.564. The number of ether oxygens (including phenoxy) is 1. The summed E-state index contributed by atoms with van der Waals surface area (Å²) in [6, 6.07) is 3.25. The first kappa shape index (κ1) is 15.2. The van der Waals surface area contributed by atoms with Gasteiger partial charge in [0.25, 0.3) is 5.91 Å². The fourth-order valence-corrected chi connectivity index (χ4v) is 1.95. The van der Waals surface area contributed by atoms with Gasteiger partial charge in [-0.05, 0) is 31.9 Å². The molecule has 21 heavy (non-hydrogen) atoms. The lowest BCUT2D eigenvalue weighted by Crippen LogP contribution is -2.43. The highest BCUT2D eigenvalue weighted by molar-refractivity contribution is 6.03. The topological polar surface area (TPSA) is 88.9 Å². The molecule has 0 aliphatic heterocycles. The number of carbonyl (C=O) groups excluding carboxylic acids is 3. The molecule has 0 bridgehead atoms. The zero-order valence-electron chi connectivity index (χ0n) is 11.8. The normalized spacial score (nSPS) is 14.0. The molecule has 1 aromatic heterocycles. The van der Waals surface area contributed by atoms with Crippen molar-refractivity contribution < 1.29 is 23.5 Å². The fraction of sp³-hybridized carbons (Fsp3) is 0.500. The molecule has 0 radical (unpaired) electrons. The van der Waals surface area contributed by atoms with Gasteiger partial charge in [-0.15, -0.1) is 0 Å². The Hall–Kier alpha value is -2.15. The molecule has 7 heteroatoms. The van der Waals surface area contributed by atoms with Crippen molar-refractivity contribution in [2.75, 3.05) is 19.7 Å². The van der Waals surface area contributed by atoms with Crippen molar-refractivity contribution in [3.05, 3.63) is 24.2 Å². The monoisotopic (exact) mass is 294 g/mol. The van der Waals surface area contributed by atoms with Crippen LogP contribution in [0.3, 0.4) is 0 Å². The van der Waals surface area contributed by atoms with Crippen molar-refractivity contribution in [2.45, 2.75) is 25.8 Å². The Bertz CT molecular complexity index is 507. The molecule has 1 fully saturated rings. The van der Waals surface area contributed by atoms with Crippen LogP contribution >= 0.6 is 0 Å². The van der Waals surface area contributed by atoms with E-state index in [1.54, 1.807) is 17.9 Å². The van der Waals surface area contributed by atoms with Crippen molar-refractivity contribution in [3.8, 4) is 0 Å². The van der Waals surface area contributed by atoms with Gasteiger partial charge in [-0.25, -0.2) is 0 Å². The first-order valence-corrected chi connectivity index (χ1v) is 6.87. The minimum atomic E-state index is -0.586. The van der Waals surface area contributed by atoms with Gasteiger partial charge < -0.3 is 9.15 Å². The number of hydrogen-bond acceptors (Lipinski definition) is 6. The molecule has 114 valence electrons. The van der Waals surface area contributed by atoms with Crippen molar-refractivity contribution >= 4 is 17.8 Å². The summed E-state index contributed by atoms with van der Waals surface area (Å²) in [6.07, 6.45) is 3.24.